The Morgan fingerprint density at radius 3 is 2.68 bits per heavy atom. The van der Waals surface area contributed by atoms with Crippen LogP contribution in [0, 0.1) is 6.92 Å². The molecule has 2 aromatic rings. The van der Waals surface area contributed by atoms with Gasteiger partial charge in [0.1, 0.15) is 5.82 Å². The van der Waals surface area contributed by atoms with Gasteiger partial charge in [-0.1, -0.05) is 29.8 Å². The number of halogens is 1. The van der Waals surface area contributed by atoms with Gasteiger partial charge in [-0.05, 0) is 47.0 Å². The Bertz CT molecular complexity index is 567. The molecule has 19 heavy (non-hydrogen) atoms. The minimum absolute atomic E-state index is 0.0278. The standard InChI is InChI=1S/C15H15BrN2O/c1-11-4-6-12(7-5-11)8-9-14(19)18-15-13(16)3-2-10-17-15/h2-7,10H,8-9H2,1H3,(H,17,18,19). The molecular formula is C15H15BrN2O. The van der Waals surface area contributed by atoms with Gasteiger partial charge in [-0.2, -0.15) is 0 Å². The number of amides is 1. The van der Waals surface area contributed by atoms with Crippen molar-refractivity contribution < 1.29 is 4.79 Å². The molecular weight excluding hydrogens is 304 g/mol. The van der Waals surface area contributed by atoms with Gasteiger partial charge in [0.2, 0.25) is 5.91 Å². The first-order chi connectivity index (χ1) is 9.15. The SMILES string of the molecule is Cc1ccc(CCC(=O)Nc2ncccc2Br)cc1. The molecule has 0 saturated heterocycles. The summed E-state index contributed by atoms with van der Waals surface area (Å²) in [6.45, 7) is 2.05. The molecule has 0 unspecified atom stereocenters. The lowest BCUT2D eigenvalue weighted by molar-refractivity contribution is -0.116. The van der Waals surface area contributed by atoms with E-state index in [1.54, 1.807) is 6.20 Å². The van der Waals surface area contributed by atoms with Crippen LogP contribution in [0.3, 0.4) is 0 Å². The highest BCUT2D eigenvalue weighted by molar-refractivity contribution is 9.10. The van der Waals surface area contributed by atoms with Gasteiger partial charge in [0.15, 0.2) is 0 Å². The summed E-state index contributed by atoms with van der Waals surface area (Å²) >= 11 is 3.35. The monoisotopic (exact) mass is 318 g/mol. The zero-order valence-corrected chi connectivity index (χ0v) is 12.3. The summed E-state index contributed by atoms with van der Waals surface area (Å²) in [6, 6.07) is 11.9. The molecule has 0 aliphatic rings. The largest absolute Gasteiger partial charge is 0.310 e. The van der Waals surface area contributed by atoms with Crippen molar-refractivity contribution in [3.8, 4) is 0 Å². The number of carbonyl (C=O) groups excluding carboxylic acids is 1. The first-order valence-corrected chi connectivity index (χ1v) is 6.90. The lowest BCUT2D eigenvalue weighted by Crippen LogP contribution is -2.13. The van der Waals surface area contributed by atoms with E-state index in [9.17, 15) is 4.79 Å². The Morgan fingerprint density at radius 1 is 1.26 bits per heavy atom. The van der Waals surface area contributed by atoms with Crippen LogP contribution < -0.4 is 5.32 Å². The Kier molecular flexibility index (Phi) is 4.68. The molecule has 0 radical (unpaired) electrons. The van der Waals surface area contributed by atoms with Gasteiger partial charge < -0.3 is 5.32 Å². The van der Waals surface area contributed by atoms with E-state index < -0.39 is 0 Å². The zero-order chi connectivity index (χ0) is 13.7. The Morgan fingerprint density at radius 2 is 2.00 bits per heavy atom. The van der Waals surface area contributed by atoms with Crippen LogP contribution in [0.5, 0.6) is 0 Å². The molecule has 98 valence electrons. The van der Waals surface area contributed by atoms with Gasteiger partial charge in [0.25, 0.3) is 0 Å². The van der Waals surface area contributed by atoms with E-state index in [1.165, 1.54) is 11.1 Å². The topological polar surface area (TPSA) is 42.0 Å². The summed E-state index contributed by atoms with van der Waals surface area (Å²) < 4.78 is 0.790. The maximum atomic E-state index is 11.8. The second kappa shape index (κ2) is 6.48. The van der Waals surface area contributed by atoms with Crippen LogP contribution in [0.4, 0.5) is 5.82 Å². The quantitative estimate of drug-likeness (QED) is 0.933. The number of rotatable bonds is 4. The van der Waals surface area contributed by atoms with Gasteiger partial charge >= 0.3 is 0 Å². The molecule has 4 heteroatoms. The van der Waals surface area contributed by atoms with Crippen LogP contribution in [0.15, 0.2) is 47.1 Å². The molecule has 2 rings (SSSR count). The number of nitrogens with zero attached hydrogens (tertiary/aromatic N) is 1. The Labute approximate surface area is 121 Å². The maximum Gasteiger partial charge on any atom is 0.225 e. The highest BCUT2D eigenvalue weighted by Gasteiger charge is 2.06. The van der Waals surface area contributed by atoms with Crippen LogP contribution in [-0.4, -0.2) is 10.9 Å². The van der Waals surface area contributed by atoms with Crippen LogP contribution in [-0.2, 0) is 11.2 Å². The van der Waals surface area contributed by atoms with E-state index in [0.29, 0.717) is 12.2 Å². The van der Waals surface area contributed by atoms with Crippen LogP contribution in [0.1, 0.15) is 17.5 Å². The summed E-state index contributed by atoms with van der Waals surface area (Å²) in [5, 5.41) is 2.79. The number of anilines is 1. The van der Waals surface area contributed by atoms with E-state index in [2.05, 4.69) is 57.4 Å². The van der Waals surface area contributed by atoms with Crippen LogP contribution in [0.25, 0.3) is 0 Å². The fourth-order valence-electron chi connectivity index (χ4n) is 1.68. The van der Waals surface area contributed by atoms with Gasteiger partial charge in [0, 0.05) is 12.6 Å². The highest BCUT2D eigenvalue weighted by Crippen LogP contribution is 2.18. The highest BCUT2D eigenvalue weighted by atomic mass is 79.9. The predicted molar refractivity (Wildman–Crippen MR) is 80.1 cm³/mol. The molecule has 0 bridgehead atoms. The van der Waals surface area contributed by atoms with E-state index in [-0.39, 0.29) is 5.91 Å². The summed E-state index contributed by atoms with van der Waals surface area (Å²) in [7, 11) is 0. The fraction of sp³-hybridized carbons (Fsp3) is 0.200. The number of hydrogen-bond donors (Lipinski definition) is 1. The van der Waals surface area contributed by atoms with Gasteiger partial charge in [0.05, 0.1) is 4.47 Å². The first kappa shape index (κ1) is 13.7. The smallest absolute Gasteiger partial charge is 0.225 e. The van der Waals surface area contributed by atoms with E-state index in [4.69, 9.17) is 0 Å². The number of carbonyl (C=O) groups is 1. The molecule has 1 N–H and O–H groups in total. The summed E-state index contributed by atoms with van der Waals surface area (Å²) in [4.78, 5) is 15.9. The third-order valence-electron chi connectivity index (χ3n) is 2.78. The van der Waals surface area contributed by atoms with Crippen LogP contribution in [0.2, 0.25) is 0 Å². The fourth-order valence-corrected chi connectivity index (χ4v) is 2.04. The number of aromatic nitrogens is 1. The van der Waals surface area contributed by atoms with Crippen molar-refractivity contribution in [2.24, 2.45) is 0 Å². The summed E-state index contributed by atoms with van der Waals surface area (Å²) in [6.07, 6.45) is 2.84. The average molecular weight is 319 g/mol. The van der Waals surface area contributed by atoms with Crippen molar-refractivity contribution in [3.05, 3.63) is 58.2 Å². The number of hydrogen-bond acceptors (Lipinski definition) is 2. The molecule has 0 aliphatic heterocycles. The zero-order valence-electron chi connectivity index (χ0n) is 10.7. The van der Waals surface area contributed by atoms with Crippen molar-refractivity contribution in [2.75, 3.05) is 5.32 Å². The molecule has 0 fully saturated rings. The Balaban J connectivity index is 1.88. The van der Waals surface area contributed by atoms with Crippen molar-refractivity contribution in [1.29, 1.82) is 0 Å². The molecule has 1 aromatic carbocycles. The molecule has 0 aliphatic carbocycles. The molecule has 3 nitrogen and oxygen atoms in total. The second-order valence-corrected chi connectivity index (χ2v) is 5.22. The van der Waals surface area contributed by atoms with Gasteiger partial charge in [-0.25, -0.2) is 4.98 Å². The Hall–Kier alpha value is -1.68. The minimum atomic E-state index is -0.0278. The van der Waals surface area contributed by atoms with E-state index in [0.717, 1.165) is 10.9 Å². The third-order valence-corrected chi connectivity index (χ3v) is 3.42. The normalized spacial score (nSPS) is 10.2. The summed E-state index contributed by atoms with van der Waals surface area (Å²) in [5.74, 6) is 0.538. The molecule has 1 aromatic heterocycles. The number of aryl methyl sites for hydroxylation is 2. The number of benzene rings is 1. The third kappa shape index (κ3) is 4.17. The van der Waals surface area contributed by atoms with Crippen molar-refractivity contribution >= 4 is 27.7 Å². The van der Waals surface area contributed by atoms with Crippen molar-refractivity contribution in [1.82, 2.24) is 4.98 Å². The lowest BCUT2D eigenvalue weighted by Gasteiger charge is -2.06. The van der Waals surface area contributed by atoms with Crippen molar-refractivity contribution in [3.63, 3.8) is 0 Å². The van der Waals surface area contributed by atoms with Crippen molar-refractivity contribution in [2.45, 2.75) is 19.8 Å². The van der Waals surface area contributed by atoms with E-state index >= 15 is 0 Å². The number of nitrogens with one attached hydrogen (secondary N) is 1. The molecule has 1 amide bonds. The molecule has 0 atom stereocenters. The maximum absolute atomic E-state index is 11.8. The minimum Gasteiger partial charge on any atom is -0.310 e. The van der Waals surface area contributed by atoms with Gasteiger partial charge in [-0.15, -0.1) is 0 Å². The molecule has 1 heterocycles. The number of pyridine rings is 1. The second-order valence-electron chi connectivity index (χ2n) is 4.37. The van der Waals surface area contributed by atoms with E-state index in [1.807, 2.05) is 12.1 Å². The summed E-state index contributed by atoms with van der Waals surface area (Å²) in [5.41, 5.74) is 2.39. The first-order valence-electron chi connectivity index (χ1n) is 6.11. The molecule has 0 saturated carbocycles. The van der Waals surface area contributed by atoms with Gasteiger partial charge in [-0.3, -0.25) is 4.79 Å². The predicted octanol–water partition coefficient (Wildman–Crippen LogP) is 3.72. The van der Waals surface area contributed by atoms with Crippen LogP contribution >= 0.6 is 15.9 Å². The average Bonchev–Trinajstić information content (AvgIpc) is 2.41. The lowest BCUT2D eigenvalue weighted by atomic mass is 10.1. The molecule has 0 spiro atoms.